The maximum Gasteiger partial charge on any atom is 0.410 e. The van der Waals surface area contributed by atoms with Gasteiger partial charge in [-0.2, -0.15) is 0 Å². The molecule has 21 heavy (non-hydrogen) atoms. The van der Waals surface area contributed by atoms with Gasteiger partial charge in [-0.15, -0.1) is 5.10 Å². The summed E-state index contributed by atoms with van der Waals surface area (Å²) in [5.74, 6) is 0. The van der Waals surface area contributed by atoms with Crippen molar-refractivity contribution in [2.45, 2.75) is 57.0 Å². The molecule has 0 aromatic carbocycles. The Labute approximate surface area is 124 Å². The van der Waals surface area contributed by atoms with Crippen LogP contribution in [-0.2, 0) is 22.4 Å². The topological polar surface area (TPSA) is 113 Å². The summed E-state index contributed by atoms with van der Waals surface area (Å²) in [6.45, 7) is 6.22. The zero-order valence-electron chi connectivity index (χ0n) is 12.2. The number of tetrazole rings is 1. The highest BCUT2D eigenvalue weighted by atomic mass is 32.2. The molecule has 1 saturated heterocycles. The first kappa shape index (κ1) is 15.8. The van der Waals surface area contributed by atoms with Crippen molar-refractivity contribution in [2.24, 2.45) is 0 Å². The third-order valence-electron chi connectivity index (χ3n) is 3.04. The maximum absolute atomic E-state index is 12.1. The third kappa shape index (κ3) is 3.97. The molecule has 0 aliphatic carbocycles. The van der Waals surface area contributed by atoms with Gasteiger partial charge in [0.25, 0.3) is 0 Å². The van der Waals surface area contributed by atoms with Crippen molar-refractivity contribution >= 4 is 17.2 Å². The molecule has 1 amide bonds. The number of carbonyl (C=O) groups excluding carboxylic acids is 1. The second kappa shape index (κ2) is 6.06. The number of hydrogen-bond acceptors (Lipinski definition) is 7. The lowest BCUT2D eigenvalue weighted by molar-refractivity contribution is 0.0209. The molecular formula is C11H18N5O4S-. The number of likely N-dealkylation sites (tertiary alicyclic amines) is 1. The van der Waals surface area contributed by atoms with Crippen LogP contribution in [0.25, 0.3) is 0 Å². The van der Waals surface area contributed by atoms with E-state index < -0.39 is 22.8 Å². The molecule has 9 nitrogen and oxygen atoms in total. The summed E-state index contributed by atoms with van der Waals surface area (Å²) in [7, 11) is 0. The van der Waals surface area contributed by atoms with Crippen molar-refractivity contribution in [3.63, 3.8) is 0 Å². The highest BCUT2D eigenvalue weighted by molar-refractivity contribution is 7.79. The Balaban J connectivity index is 2.07. The molecule has 0 bridgehead atoms. The quantitative estimate of drug-likeness (QED) is 0.737. The van der Waals surface area contributed by atoms with Gasteiger partial charge in [0.2, 0.25) is 5.16 Å². The summed E-state index contributed by atoms with van der Waals surface area (Å²) in [5.41, 5.74) is -0.569. The molecule has 10 heteroatoms. The average molecular weight is 316 g/mol. The summed E-state index contributed by atoms with van der Waals surface area (Å²) >= 11 is -2.51. The van der Waals surface area contributed by atoms with E-state index in [9.17, 15) is 13.6 Å². The van der Waals surface area contributed by atoms with E-state index in [2.05, 4.69) is 15.5 Å². The molecule has 1 aromatic rings. The lowest BCUT2D eigenvalue weighted by atomic mass is 10.2. The minimum atomic E-state index is -2.51. The highest BCUT2D eigenvalue weighted by Crippen LogP contribution is 2.22. The predicted octanol–water partition coefficient (Wildman–Crippen LogP) is 0.311. The standard InChI is InChI=1S/C11H19N5O4S/c1-11(2,3)20-10(17)15-6-4-5-8(15)7-16-9(21(18)19)12-13-14-16/h8H,4-7H2,1-3H3,(H,18,19)/p-1/t8-/m0/s1. The molecule has 2 heterocycles. The van der Waals surface area contributed by atoms with Crippen molar-refractivity contribution < 1.29 is 18.3 Å². The minimum absolute atomic E-state index is 0.175. The fourth-order valence-corrected chi connectivity index (χ4v) is 2.60. The highest BCUT2D eigenvalue weighted by Gasteiger charge is 2.33. The van der Waals surface area contributed by atoms with Crippen LogP contribution in [0, 0.1) is 0 Å². The molecule has 118 valence electrons. The van der Waals surface area contributed by atoms with E-state index in [4.69, 9.17) is 4.74 Å². The number of nitrogens with zero attached hydrogens (tertiary/aromatic N) is 5. The van der Waals surface area contributed by atoms with E-state index in [1.165, 1.54) is 4.68 Å². The van der Waals surface area contributed by atoms with E-state index >= 15 is 0 Å². The molecule has 1 aliphatic rings. The van der Waals surface area contributed by atoms with Gasteiger partial charge in [-0.3, -0.25) is 4.21 Å². The number of hydrogen-bond donors (Lipinski definition) is 0. The molecule has 0 radical (unpaired) electrons. The molecule has 0 N–H and O–H groups in total. The van der Waals surface area contributed by atoms with Gasteiger partial charge in [0.1, 0.15) is 5.60 Å². The Morgan fingerprint density at radius 2 is 2.24 bits per heavy atom. The van der Waals surface area contributed by atoms with Gasteiger partial charge < -0.3 is 14.2 Å². The Hall–Kier alpha value is -1.55. The number of carbonyl (C=O) groups is 1. The fourth-order valence-electron chi connectivity index (χ4n) is 2.22. The van der Waals surface area contributed by atoms with Crippen LogP contribution in [0.5, 0.6) is 0 Å². The van der Waals surface area contributed by atoms with Gasteiger partial charge in [0, 0.05) is 17.6 Å². The van der Waals surface area contributed by atoms with Gasteiger partial charge in [-0.05, 0) is 44.0 Å². The molecule has 0 saturated carbocycles. The summed E-state index contributed by atoms with van der Waals surface area (Å²) in [4.78, 5) is 13.7. The first-order valence-corrected chi connectivity index (χ1v) is 7.70. The second-order valence-electron chi connectivity index (χ2n) is 5.85. The largest absolute Gasteiger partial charge is 0.766 e. The van der Waals surface area contributed by atoms with Crippen LogP contribution in [0.3, 0.4) is 0 Å². The first-order chi connectivity index (χ1) is 9.78. The lowest BCUT2D eigenvalue weighted by Crippen LogP contribution is -2.41. The maximum atomic E-state index is 12.1. The van der Waals surface area contributed by atoms with E-state index in [0.717, 1.165) is 12.8 Å². The van der Waals surface area contributed by atoms with Crippen molar-refractivity contribution in [3.8, 4) is 0 Å². The number of amides is 1. The van der Waals surface area contributed by atoms with Crippen LogP contribution in [0.15, 0.2) is 5.16 Å². The van der Waals surface area contributed by atoms with E-state index in [1.807, 2.05) is 0 Å². The molecule has 2 atom stereocenters. The summed E-state index contributed by atoms with van der Waals surface area (Å²) in [6.07, 6.45) is 1.19. The van der Waals surface area contributed by atoms with Crippen LogP contribution in [0.4, 0.5) is 4.79 Å². The van der Waals surface area contributed by atoms with E-state index in [0.29, 0.717) is 6.54 Å². The monoisotopic (exact) mass is 316 g/mol. The summed E-state index contributed by atoms with van der Waals surface area (Å²) < 4.78 is 28.5. The Kier molecular flexibility index (Phi) is 4.57. The number of aromatic nitrogens is 4. The zero-order valence-corrected chi connectivity index (χ0v) is 13.0. The third-order valence-corrected chi connectivity index (χ3v) is 3.63. The van der Waals surface area contributed by atoms with Crippen LogP contribution in [-0.4, -0.2) is 58.1 Å². The van der Waals surface area contributed by atoms with Crippen LogP contribution >= 0.6 is 0 Å². The van der Waals surface area contributed by atoms with Crippen LogP contribution in [0.1, 0.15) is 33.6 Å². The fraction of sp³-hybridized carbons (Fsp3) is 0.818. The molecule has 2 rings (SSSR count). The van der Waals surface area contributed by atoms with Gasteiger partial charge in [-0.25, -0.2) is 9.48 Å². The van der Waals surface area contributed by atoms with Gasteiger partial charge in [0.15, 0.2) is 0 Å². The predicted molar refractivity (Wildman–Crippen MR) is 71.0 cm³/mol. The van der Waals surface area contributed by atoms with Gasteiger partial charge in [-0.1, -0.05) is 0 Å². The molecule has 1 aromatic heterocycles. The zero-order chi connectivity index (χ0) is 15.6. The molecule has 1 fully saturated rings. The molecule has 1 unspecified atom stereocenters. The van der Waals surface area contributed by atoms with Crippen molar-refractivity contribution in [2.75, 3.05) is 6.54 Å². The van der Waals surface area contributed by atoms with Gasteiger partial charge in [0.05, 0.1) is 12.6 Å². The Morgan fingerprint density at radius 3 is 2.86 bits per heavy atom. The minimum Gasteiger partial charge on any atom is -0.766 e. The molecular weight excluding hydrogens is 298 g/mol. The van der Waals surface area contributed by atoms with E-state index in [-0.39, 0.29) is 17.7 Å². The average Bonchev–Trinajstić information content (AvgIpc) is 2.95. The normalized spacial score (nSPS) is 20.6. The Bertz CT molecular complexity index is 541. The molecule has 1 aliphatic heterocycles. The van der Waals surface area contributed by atoms with Gasteiger partial charge >= 0.3 is 6.09 Å². The van der Waals surface area contributed by atoms with Crippen molar-refractivity contribution in [1.82, 2.24) is 25.1 Å². The number of rotatable bonds is 3. The summed E-state index contributed by atoms with van der Waals surface area (Å²) in [6, 6.07) is -0.175. The van der Waals surface area contributed by atoms with Crippen molar-refractivity contribution in [1.29, 1.82) is 0 Å². The Morgan fingerprint density at radius 1 is 1.52 bits per heavy atom. The van der Waals surface area contributed by atoms with Crippen molar-refractivity contribution in [3.05, 3.63) is 0 Å². The smallest absolute Gasteiger partial charge is 0.410 e. The van der Waals surface area contributed by atoms with Crippen LogP contribution in [0.2, 0.25) is 0 Å². The number of ether oxygens (including phenoxy) is 1. The first-order valence-electron chi connectivity index (χ1n) is 6.63. The summed E-state index contributed by atoms with van der Waals surface area (Å²) in [5, 5.41) is 10.2. The van der Waals surface area contributed by atoms with Crippen LogP contribution < -0.4 is 0 Å². The van der Waals surface area contributed by atoms with E-state index in [1.54, 1.807) is 25.7 Å². The SMILES string of the molecule is CC(C)(C)OC(=O)N1CCC[C@H]1Cn1nnnc1S(=O)[O-]. The second-order valence-corrected chi connectivity index (χ2v) is 6.68. The molecule has 0 spiro atoms. The lowest BCUT2D eigenvalue weighted by Gasteiger charge is -2.28.